The fraction of sp³-hybridized carbons (Fsp3) is 0.250. The first-order chi connectivity index (χ1) is 30.2. The zero-order valence-electron chi connectivity index (χ0n) is 36.1. The third kappa shape index (κ3) is 9.78. The van der Waals surface area contributed by atoms with Gasteiger partial charge in [0.2, 0.25) is 11.6 Å². The summed E-state index contributed by atoms with van der Waals surface area (Å²) in [5, 5.41) is 34.6. The van der Waals surface area contributed by atoms with Gasteiger partial charge in [-0.05, 0) is 89.7 Å². The van der Waals surface area contributed by atoms with Gasteiger partial charge in [-0.15, -0.1) is 0 Å². The van der Waals surface area contributed by atoms with Gasteiger partial charge >= 0.3 is 18.0 Å². The zero-order valence-corrected chi connectivity index (χ0v) is 36.1. The number of hydrogen-bond acceptors (Lipinski definition) is 5. The molecule has 2 aliphatic heterocycles. The average molecular weight is 845 g/mol. The molecular weight excluding hydrogens is 791 g/mol. The molecule has 0 unspecified atom stereocenters. The highest BCUT2D eigenvalue weighted by atomic mass is 16.4. The van der Waals surface area contributed by atoms with Crippen LogP contribution in [0.3, 0.4) is 0 Å². The monoisotopic (exact) mass is 844 g/mol. The standard InChI is InChI=1S/C52H53N5O6/c1-51(2)43(55-40-26-22-35-14-10-12-16-38(35)47(40)51)18-8-6-5-7-9-19-44-52(3,4)48-39-17-13-11-15-36(39)23-28-42(48)57(44)33-31-45(58)54-37-24-20-34(21-25-37)30-32-53-50(63)56-41(49(61)62)27-29-46(59)60/h5-26,28,41H,27,29-33H2,1-4H3,(H5,53,54,56,58,59,60,61,62,63)/p+1/t41-/m0/s1. The van der Waals surface area contributed by atoms with E-state index in [9.17, 15) is 24.3 Å². The number of allylic oxidation sites excluding steroid dienone is 8. The van der Waals surface area contributed by atoms with E-state index in [0.717, 1.165) is 28.3 Å². The molecule has 5 aromatic carbocycles. The molecule has 1 atom stereocenters. The molecule has 11 heteroatoms. The summed E-state index contributed by atoms with van der Waals surface area (Å²) >= 11 is 0. The Kier molecular flexibility index (Phi) is 13.1. The molecule has 0 aliphatic carbocycles. The second-order valence-corrected chi connectivity index (χ2v) is 17.0. The lowest BCUT2D eigenvalue weighted by molar-refractivity contribution is -0.436. The number of benzene rings is 5. The highest BCUT2D eigenvalue weighted by Gasteiger charge is 2.45. The first kappa shape index (κ1) is 43.8. The number of rotatable bonds is 16. The smallest absolute Gasteiger partial charge is 0.326 e. The number of carboxylic acid groups (broad SMARTS) is 2. The Morgan fingerprint density at radius 3 is 2.08 bits per heavy atom. The van der Waals surface area contributed by atoms with E-state index in [-0.39, 0.29) is 42.5 Å². The van der Waals surface area contributed by atoms with Crippen LogP contribution in [0, 0.1) is 0 Å². The normalized spacial score (nSPS) is 16.2. The van der Waals surface area contributed by atoms with Crippen molar-refractivity contribution in [3.8, 4) is 0 Å². The molecule has 11 nitrogen and oxygen atoms in total. The lowest BCUT2D eigenvalue weighted by Crippen LogP contribution is -2.46. The Morgan fingerprint density at radius 1 is 0.730 bits per heavy atom. The molecule has 5 aromatic rings. The van der Waals surface area contributed by atoms with Gasteiger partial charge in [-0.2, -0.15) is 4.58 Å². The van der Waals surface area contributed by atoms with Crippen LogP contribution in [0.4, 0.5) is 21.9 Å². The molecule has 2 aliphatic rings. The van der Waals surface area contributed by atoms with Gasteiger partial charge in [-0.1, -0.05) is 111 Å². The number of carbonyl (C=O) groups is 4. The number of urea groups is 1. The van der Waals surface area contributed by atoms with Crippen molar-refractivity contribution >= 4 is 68.2 Å². The van der Waals surface area contributed by atoms with Crippen LogP contribution in [0.5, 0.6) is 0 Å². The van der Waals surface area contributed by atoms with E-state index in [1.54, 1.807) is 0 Å². The number of fused-ring (bicyclic) bond motifs is 6. The molecule has 0 spiro atoms. The molecule has 2 heterocycles. The van der Waals surface area contributed by atoms with Crippen LogP contribution in [0.1, 0.15) is 63.6 Å². The first-order valence-electron chi connectivity index (χ1n) is 21.3. The van der Waals surface area contributed by atoms with Gasteiger partial charge in [-0.3, -0.25) is 9.59 Å². The van der Waals surface area contributed by atoms with Crippen molar-refractivity contribution in [1.29, 1.82) is 0 Å². The summed E-state index contributed by atoms with van der Waals surface area (Å²) in [5.41, 5.74) is 8.11. The molecule has 0 aromatic heterocycles. The minimum atomic E-state index is -1.30. The van der Waals surface area contributed by atoms with Gasteiger partial charge < -0.3 is 31.5 Å². The van der Waals surface area contributed by atoms with Crippen LogP contribution < -0.4 is 21.3 Å². The maximum atomic E-state index is 13.4. The second-order valence-electron chi connectivity index (χ2n) is 17.0. The third-order valence-electron chi connectivity index (χ3n) is 12.0. The largest absolute Gasteiger partial charge is 0.481 e. The summed E-state index contributed by atoms with van der Waals surface area (Å²) in [5.74, 6) is -2.56. The van der Waals surface area contributed by atoms with Crippen LogP contribution in [0.2, 0.25) is 0 Å². The second kappa shape index (κ2) is 18.8. The molecule has 63 heavy (non-hydrogen) atoms. The van der Waals surface area contributed by atoms with E-state index >= 15 is 0 Å². The van der Waals surface area contributed by atoms with Crippen molar-refractivity contribution in [3.05, 3.63) is 162 Å². The Morgan fingerprint density at radius 2 is 1.38 bits per heavy atom. The summed E-state index contributed by atoms with van der Waals surface area (Å²) in [4.78, 5) is 47.8. The summed E-state index contributed by atoms with van der Waals surface area (Å²) in [6.45, 7) is 9.71. The van der Waals surface area contributed by atoms with Crippen LogP contribution in [-0.2, 0) is 31.6 Å². The van der Waals surface area contributed by atoms with Gasteiger partial charge in [0.15, 0.2) is 12.3 Å². The highest BCUT2D eigenvalue weighted by molar-refractivity contribution is 6.08. The lowest BCUT2D eigenvalue weighted by Gasteiger charge is -2.21. The molecule has 7 rings (SSSR count). The van der Waals surface area contributed by atoms with E-state index in [4.69, 9.17) is 5.11 Å². The predicted octanol–water partition coefficient (Wildman–Crippen LogP) is 9.51. The molecule has 3 amide bonds. The fourth-order valence-corrected chi connectivity index (χ4v) is 8.75. The van der Waals surface area contributed by atoms with Crippen molar-refractivity contribution in [2.24, 2.45) is 0 Å². The average Bonchev–Trinajstić information content (AvgIpc) is 3.65. The number of amides is 3. The quantitative estimate of drug-likeness (QED) is 0.0426. The predicted molar refractivity (Wildman–Crippen MR) is 251 cm³/mol. The van der Waals surface area contributed by atoms with Crippen molar-refractivity contribution in [3.63, 3.8) is 0 Å². The maximum Gasteiger partial charge on any atom is 0.326 e. The molecule has 0 radical (unpaired) electrons. The van der Waals surface area contributed by atoms with Gasteiger partial charge in [0.1, 0.15) is 6.04 Å². The molecule has 0 fully saturated rings. The Labute approximate surface area is 367 Å². The molecular formula is C52H54N5O6+. The van der Waals surface area contributed by atoms with Gasteiger partial charge in [0.05, 0.1) is 11.8 Å². The molecule has 322 valence electrons. The first-order valence-corrected chi connectivity index (χ1v) is 21.3. The van der Waals surface area contributed by atoms with Crippen molar-refractivity contribution in [1.82, 2.24) is 10.6 Å². The van der Waals surface area contributed by atoms with E-state index < -0.39 is 24.0 Å². The number of carbonyl (C=O) groups excluding carboxylic acids is 2. The third-order valence-corrected chi connectivity index (χ3v) is 12.0. The lowest BCUT2D eigenvalue weighted by atomic mass is 9.79. The number of nitrogens with zero attached hydrogens (tertiary/aromatic N) is 1. The van der Waals surface area contributed by atoms with E-state index in [2.05, 4.69) is 151 Å². The van der Waals surface area contributed by atoms with Crippen LogP contribution >= 0.6 is 0 Å². The van der Waals surface area contributed by atoms with E-state index in [1.165, 1.54) is 32.7 Å². The Balaban J connectivity index is 0.988. The number of hydrogen-bond donors (Lipinski definition) is 6. The number of anilines is 2. The van der Waals surface area contributed by atoms with Gasteiger partial charge in [-0.25, -0.2) is 9.59 Å². The number of nitrogens with one attached hydrogen (secondary N) is 4. The number of carboxylic acids is 2. The summed E-state index contributed by atoms with van der Waals surface area (Å²) in [6, 6.07) is 30.9. The maximum absolute atomic E-state index is 13.4. The van der Waals surface area contributed by atoms with Gasteiger partial charge in [0.25, 0.3) is 0 Å². The Bertz CT molecular complexity index is 2740. The van der Waals surface area contributed by atoms with E-state index in [0.29, 0.717) is 18.7 Å². The summed E-state index contributed by atoms with van der Waals surface area (Å²) in [6.07, 6.45) is 14.7. The van der Waals surface area contributed by atoms with Crippen molar-refractivity contribution in [2.75, 3.05) is 23.7 Å². The minimum Gasteiger partial charge on any atom is -0.481 e. The Hall–Kier alpha value is -7.27. The summed E-state index contributed by atoms with van der Waals surface area (Å²) < 4.78 is 2.26. The highest BCUT2D eigenvalue weighted by Crippen LogP contribution is 2.47. The van der Waals surface area contributed by atoms with Crippen molar-refractivity contribution < 1.29 is 34.0 Å². The molecule has 0 bridgehead atoms. The zero-order chi connectivity index (χ0) is 44.7. The van der Waals surface area contributed by atoms with Crippen LogP contribution in [-0.4, -0.2) is 63.5 Å². The van der Waals surface area contributed by atoms with Gasteiger partial charge in [0, 0.05) is 53.2 Å². The van der Waals surface area contributed by atoms with Crippen molar-refractivity contribution in [2.45, 2.75) is 70.3 Å². The van der Waals surface area contributed by atoms with Crippen LogP contribution in [0.25, 0.3) is 21.5 Å². The topological polar surface area (TPSA) is 160 Å². The SMILES string of the molecule is CC1(C)C(/C=C/C=C/C=C/C=C2/Nc3ccc4ccccc4c3C2(C)C)=[N+](CCC(=O)Nc2ccc(CCNC(=O)N[C@@H](CCC(=O)O)C(=O)O)cc2)c2ccc3ccccc3c21. The molecule has 0 saturated heterocycles. The molecule has 6 N–H and O–H groups in total. The fourth-order valence-electron chi connectivity index (χ4n) is 8.75. The minimum absolute atomic E-state index is 0.122. The molecule has 0 saturated carbocycles. The number of aliphatic carboxylic acids is 2. The summed E-state index contributed by atoms with van der Waals surface area (Å²) in [7, 11) is 0. The van der Waals surface area contributed by atoms with E-state index in [1.807, 2.05) is 42.5 Å². The van der Waals surface area contributed by atoms with Crippen LogP contribution in [0.15, 0.2) is 145 Å².